The van der Waals surface area contributed by atoms with Crippen LogP contribution in [0.15, 0.2) is 54.4 Å². The maximum Gasteiger partial charge on any atom is 0.295 e. The summed E-state index contributed by atoms with van der Waals surface area (Å²) < 4.78 is 5.20. The van der Waals surface area contributed by atoms with Gasteiger partial charge in [0.25, 0.3) is 11.7 Å². The number of aromatic nitrogens is 1. The van der Waals surface area contributed by atoms with Gasteiger partial charge >= 0.3 is 0 Å². The fraction of sp³-hybridized carbons (Fsp3) is 0.286. The number of carbonyl (C=O) groups is 2. The number of likely N-dealkylation sites (N-methyl/N-ethyl adjacent to an activating group) is 1. The van der Waals surface area contributed by atoms with Gasteiger partial charge in [0.1, 0.15) is 11.5 Å². The van der Waals surface area contributed by atoms with Gasteiger partial charge in [-0.05, 0) is 37.9 Å². The van der Waals surface area contributed by atoms with Crippen LogP contribution in [0.4, 0.5) is 0 Å². The number of Topliss-reactive ketones (excluding diaryl/α,β-unsaturated/α-hetero) is 1. The molecule has 1 amide bonds. The maximum absolute atomic E-state index is 12.8. The number of carbonyl (C=O) groups excluding carboxylic acids is 2. The minimum absolute atomic E-state index is 0.0602. The van der Waals surface area contributed by atoms with Gasteiger partial charge in [-0.2, -0.15) is 0 Å². The molecule has 2 heterocycles. The highest BCUT2D eigenvalue weighted by molar-refractivity contribution is 6.46. The molecule has 1 N–H and O–H groups in total. The van der Waals surface area contributed by atoms with E-state index in [0.29, 0.717) is 30.0 Å². The Labute approximate surface area is 163 Å². The number of ketones is 1. The zero-order valence-electron chi connectivity index (χ0n) is 16.1. The highest BCUT2D eigenvalue weighted by atomic mass is 16.5. The average Bonchev–Trinajstić information content (AvgIpc) is 2.97. The predicted octanol–water partition coefficient (Wildman–Crippen LogP) is 2.07. The van der Waals surface area contributed by atoms with Crippen LogP contribution >= 0.6 is 0 Å². The summed E-state index contributed by atoms with van der Waals surface area (Å²) in [6.07, 6.45) is 3.23. The number of pyridine rings is 1. The van der Waals surface area contributed by atoms with Gasteiger partial charge in [0.05, 0.1) is 18.7 Å². The Bertz CT molecular complexity index is 909. The molecule has 28 heavy (non-hydrogen) atoms. The van der Waals surface area contributed by atoms with Gasteiger partial charge in [-0.3, -0.25) is 14.6 Å². The van der Waals surface area contributed by atoms with Gasteiger partial charge in [0.15, 0.2) is 0 Å². The predicted molar refractivity (Wildman–Crippen MR) is 105 cm³/mol. The Morgan fingerprint density at radius 3 is 2.68 bits per heavy atom. The van der Waals surface area contributed by atoms with Gasteiger partial charge in [-0.1, -0.05) is 18.2 Å². The molecule has 7 nitrogen and oxygen atoms in total. The van der Waals surface area contributed by atoms with E-state index in [-0.39, 0.29) is 11.3 Å². The van der Waals surface area contributed by atoms with Gasteiger partial charge in [-0.15, -0.1) is 0 Å². The summed E-state index contributed by atoms with van der Waals surface area (Å²) in [5.74, 6) is -1.00. The van der Waals surface area contributed by atoms with Gasteiger partial charge < -0.3 is 19.6 Å². The topological polar surface area (TPSA) is 83.0 Å². The molecule has 0 spiro atoms. The Hall–Kier alpha value is -3.19. The molecule has 0 aliphatic carbocycles. The standard InChI is InChI=1S/C21H23N3O4/c1-23(2)10-11-24-18(15-7-5-9-22-13-15)17(20(26)21(24)27)19(25)14-6-4-8-16(12-14)28-3/h4-9,12-13,18,25H,10-11H2,1-3H3/t18-/m1/s1. The second kappa shape index (κ2) is 8.22. The number of rotatable bonds is 6. The van der Waals surface area contributed by atoms with Crippen molar-refractivity contribution in [3.8, 4) is 5.75 Å². The van der Waals surface area contributed by atoms with E-state index in [9.17, 15) is 14.7 Å². The van der Waals surface area contributed by atoms with Crippen LogP contribution in [-0.4, -0.2) is 65.9 Å². The molecule has 1 fully saturated rings. The minimum Gasteiger partial charge on any atom is -0.507 e. The molecule has 7 heteroatoms. The van der Waals surface area contributed by atoms with E-state index in [0.717, 1.165) is 0 Å². The van der Waals surface area contributed by atoms with E-state index in [1.807, 2.05) is 19.0 Å². The molecule has 1 aliphatic heterocycles. The highest BCUT2D eigenvalue weighted by Crippen LogP contribution is 2.39. The summed E-state index contributed by atoms with van der Waals surface area (Å²) in [5.41, 5.74) is 1.15. The first-order valence-electron chi connectivity index (χ1n) is 8.91. The summed E-state index contributed by atoms with van der Waals surface area (Å²) in [5, 5.41) is 10.9. The zero-order valence-corrected chi connectivity index (χ0v) is 16.1. The molecule has 1 aromatic carbocycles. The largest absolute Gasteiger partial charge is 0.507 e. The quantitative estimate of drug-likeness (QED) is 0.469. The molecule has 3 rings (SSSR count). The van der Waals surface area contributed by atoms with Crippen LogP contribution in [0.25, 0.3) is 5.76 Å². The lowest BCUT2D eigenvalue weighted by Gasteiger charge is -2.26. The number of hydrogen-bond acceptors (Lipinski definition) is 6. The summed E-state index contributed by atoms with van der Waals surface area (Å²) in [6.45, 7) is 0.939. The molecular weight excluding hydrogens is 358 g/mol. The van der Waals surface area contributed by atoms with Crippen LogP contribution in [0.5, 0.6) is 5.75 Å². The molecule has 0 unspecified atom stereocenters. The maximum atomic E-state index is 12.8. The first-order valence-corrected chi connectivity index (χ1v) is 8.91. The van der Waals surface area contributed by atoms with Crippen LogP contribution in [0.1, 0.15) is 17.2 Å². The second-order valence-corrected chi connectivity index (χ2v) is 6.81. The number of hydrogen-bond donors (Lipinski definition) is 1. The van der Waals surface area contributed by atoms with Crippen LogP contribution in [0.3, 0.4) is 0 Å². The van der Waals surface area contributed by atoms with Crippen molar-refractivity contribution in [3.63, 3.8) is 0 Å². The molecule has 0 radical (unpaired) electrons. The number of ether oxygens (including phenoxy) is 1. The summed E-state index contributed by atoms with van der Waals surface area (Å²) >= 11 is 0. The number of benzene rings is 1. The summed E-state index contributed by atoms with van der Waals surface area (Å²) in [7, 11) is 5.31. The normalized spacial score (nSPS) is 18.7. The van der Waals surface area contributed by atoms with Crippen molar-refractivity contribution in [2.45, 2.75) is 6.04 Å². The fourth-order valence-corrected chi connectivity index (χ4v) is 3.23. The van der Waals surface area contributed by atoms with Gasteiger partial charge in [0.2, 0.25) is 0 Å². The zero-order chi connectivity index (χ0) is 20.3. The van der Waals surface area contributed by atoms with E-state index in [1.165, 1.54) is 12.0 Å². The lowest BCUT2D eigenvalue weighted by molar-refractivity contribution is -0.140. The second-order valence-electron chi connectivity index (χ2n) is 6.81. The number of likely N-dealkylation sites (tertiary alicyclic amines) is 1. The monoisotopic (exact) mass is 381 g/mol. The van der Waals surface area contributed by atoms with Crippen molar-refractivity contribution < 1.29 is 19.4 Å². The highest BCUT2D eigenvalue weighted by Gasteiger charge is 2.46. The van der Waals surface area contributed by atoms with Crippen LogP contribution in [-0.2, 0) is 9.59 Å². The third kappa shape index (κ3) is 3.75. The van der Waals surface area contributed by atoms with E-state index in [2.05, 4.69) is 4.98 Å². The number of methoxy groups -OCH3 is 1. The van der Waals surface area contributed by atoms with Crippen LogP contribution < -0.4 is 4.74 Å². The average molecular weight is 381 g/mol. The van der Waals surface area contributed by atoms with Crippen molar-refractivity contribution >= 4 is 17.4 Å². The van der Waals surface area contributed by atoms with Crippen LogP contribution in [0.2, 0.25) is 0 Å². The van der Waals surface area contributed by atoms with E-state index >= 15 is 0 Å². The molecular formula is C21H23N3O4. The summed E-state index contributed by atoms with van der Waals surface area (Å²) in [6, 6.07) is 9.60. The van der Waals surface area contributed by atoms with Crippen molar-refractivity contribution in [2.24, 2.45) is 0 Å². The lowest BCUT2D eigenvalue weighted by Crippen LogP contribution is -2.35. The third-order valence-corrected chi connectivity index (χ3v) is 4.67. The van der Waals surface area contributed by atoms with Crippen molar-refractivity contribution in [2.75, 3.05) is 34.3 Å². The fourth-order valence-electron chi connectivity index (χ4n) is 3.23. The van der Waals surface area contributed by atoms with Crippen LogP contribution in [0, 0.1) is 0 Å². The Kier molecular flexibility index (Phi) is 5.75. The molecule has 2 aromatic rings. The molecule has 0 bridgehead atoms. The summed E-state index contributed by atoms with van der Waals surface area (Å²) in [4.78, 5) is 33.1. The Morgan fingerprint density at radius 1 is 1.25 bits per heavy atom. The van der Waals surface area contributed by atoms with Crippen molar-refractivity contribution in [1.29, 1.82) is 0 Å². The Morgan fingerprint density at radius 2 is 2.04 bits per heavy atom. The SMILES string of the molecule is COc1cccc(C(O)=C2C(=O)C(=O)N(CCN(C)C)[C@@H]2c2cccnc2)c1. The van der Waals surface area contributed by atoms with E-state index in [1.54, 1.807) is 48.8 Å². The number of aliphatic hydroxyl groups is 1. The smallest absolute Gasteiger partial charge is 0.295 e. The molecule has 1 atom stereocenters. The molecule has 0 saturated carbocycles. The van der Waals surface area contributed by atoms with Gasteiger partial charge in [-0.25, -0.2) is 0 Å². The number of amides is 1. The first kappa shape index (κ1) is 19.6. The van der Waals surface area contributed by atoms with Crippen molar-refractivity contribution in [3.05, 3.63) is 65.5 Å². The minimum atomic E-state index is -0.701. The third-order valence-electron chi connectivity index (χ3n) is 4.67. The van der Waals surface area contributed by atoms with Gasteiger partial charge in [0, 0.05) is 31.0 Å². The molecule has 146 valence electrons. The lowest BCUT2D eigenvalue weighted by atomic mass is 9.96. The molecule has 1 aromatic heterocycles. The van der Waals surface area contributed by atoms with Crippen molar-refractivity contribution in [1.82, 2.24) is 14.8 Å². The number of aliphatic hydroxyl groups excluding tert-OH is 1. The molecule has 1 aliphatic rings. The Balaban J connectivity index is 2.13. The van der Waals surface area contributed by atoms with E-state index in [4.69, 9.17) is 4.74 Å². The number of nitrogens with zero attached hydrogens (tertiary/aromatic N) is 3. The van der Waals surface area contributed by atoms with E-state index < -0.39 is 17.7 Å². The first-order chi connectivity index (χ1) is 13.4. The molecule has 1 saturated heterocycles.